The molecule has 2 atom stereocenters. The number of rotatable bonds is 2. The Bertz CT molecular complexity index is 475. The van der Waals surface area contributed by atoms with E-state index in [0.717, 1.165) is 0 Å². The van der Waals surface area contributed by atoms with E-state index in [1.54, 1.807) is 32.0 Å². The van der Waals surface area contributed by atoms with Crippen molar-refractivity contribution in [3.8, 4) is 0 Å². The van der Waals surface area contributed by atoms with Gasteiger partial charge in [-0.05, 0) is 12.1 Å². The van der Waals surface area contributed by atoms with Crippen LogP contribution in [0.2, 0.25) is 5.02 Å². The van der Waals surface area contributed by atoms with Crippen molar-refractivity contribution in [2.24, 2.45) is 11.8 Å². The van der Waals surface area contributed by atoms with Crippen molar-refractivity contribution >= 4 is 29.1 Å². The molecule has 5 heteroatoms. The zero-order valence-electron chi connectivity index (χ0n) is 10.3. The number of imide groups is 1. The van der Waals surface area contributed by atoms with Crippen LogP contribution in [0.15, 0.2) is 18.2 Å². The first kappa shape index (κ1) is 12.9. The topological polar surface area (TPSA) is 63.4 Å². The molecule has 2 amide bonds. The van der Waals surface area contributed by atoms with Crippen LogP contribution >= 0.6 is 11.6 Å². The van der Waals surface area contributed by atoms with Gasteiger partial charge in [0.15, 0.2) is 0 Å². The van der Waals surface area contributed by atoms with Gasteiger partial charge in [0.05, 0.1) is 6.54 Å². The van der Waals surface area contributed by atoms with Crippen molar-refractivity contribution in [2.45, 2.75) is 20.4 Å². The van der Waals surface area contributed by atoms with Gasteiger partial charge in [-0.2, -0.15) is 0 Å². The van der Waals surface area contributed by atoms with E-state index in [-0.39, 0.29) is 30.2 Å². The first-order chi connectivity index (χ1) is 8.43. The average molecular weight is 267 g/mol. The second-order valence-corrected chi connectivity index (χ2v) is 5.05. The molecule has 0 aliphatic carbocycles. The number of halogens is 1. The average Bonchev–Trinajstić information content (AvgIpc) is 2.51. The Morgan fingerprint density at radius 3 is 2.28 bits per heavy atom. The summed E-state index contributed by atoms with van der Waals surface area (Å²) in [5, 5.41) is 0.475. The number of hydrogen-bond donors (Lipinski definition) is 1. The van der Waals surface area contributed by atoms with Crippen LogP contribution in [0.5, 0.6) is 0 Å². The van der Waals surface area contributed by atoms with E-state index in [9.17, 15) is 9.59 Å². The summed E-state index contributed by atoms with van der Waals surface area (Å²) in [4.78, 5) is 25.2. The van der Waals surface area contributed by atoms with Crippen molar-refractivity contribution in [1.82, 2.24) is 4.90 Å². The predicted molar refractivity (Wildman–Crippen MR) is 69.7 cm³/mol. The number of likely N-dealkylation sites (tertiary alicyclic amines) is 1. The van der Waals surface area contributed by atoms with E-state index in [1.165, 1.54) is 4.90 Å². The van der Waals surface area contributed by atoms with Gasteiger partial charge in [0, 0.05) is 28.1 Å². The summed E-state index contributed by atoms with van der Waals surface area (Å²) in [6, 6.07) is 5.14. The molecule has 2 rings (SSSR count). The summed E-state index contributed by atoms with van der Waals surface area (Å²) in [5.41, 5.74) is 6.95. The van der Waals surface area contributed by atoms with Gasteiger partial charge in [-0.3, -0.25) is 14.5 Å². The maximum atomic E-state index is 12.0. The van der Waals surface area contributed by atoms with Gasteiger partial charge in [-0.15, -0.1) is 0 Å². The Kier molecular flexibility index (Phi) is 3.30. The number of nitrogens with zero attached hydrogens (tertiary/aromatic N) is 1. The standard InChI is InChI=1S/C13H15ClN2O2/c1-7-8(2)13(18)16(12(7)17)6-9-10(14)4-3-5-11(9)15/h3-5,7-8H,6,15H2,1-2H3. The molecule has 1 aromatic carbocycles. The molecule has 1 saturated heterocycles. The lowest BCUT2D eigenvalue weighted by Crippen LogP contribution is -2.30. The molecule has 0 bridgehead atoms. The second kappa shape index (κ2) is 4.61. The smallest absolute Gasteiger partial charge is 0.233 e. The van der Waals surface area contributed by atoms with Crippen molar-refractivity contribution in [3.05, 3.63) is 28.8 Å². The molecule has 2 unspecified atom stereocenters. The van der Waals surface area contributed by atoms with Crippen molar-refractivity contribution in [3.63, 3.8) is 0 Å². The van der Waals surface area contributed by atoms with Gasteiger partial charge >= 0.3 is 0 Å². The number of nitrogens with two attached hydrogens (primary N) is 1. The summed E-state index contributed by atoms with van der Waals surface area (Å²) in [7, 11) is 0. The zero-order chi connectivity index (χ0) is 13.4. The monoisotopic (exact) mass is 266 g/mol. The minimum atomic E-state index is -0.277. The maximum absolute atomic E-state index is 12.0. The third-order valence-electron chi connectivity index (χ3n) is 3.53. The second-order valence-electron chi connectivity index (χ2n) is 4.65. The van der Waals surface area contributed by atoms with Gasteiger partial charge in [0.2, 0.25) is 11.8 Å². The highest BCUT2D eigenvalue weighted by molar-refractivity contribution is 6.31. The number of carbonyl (C=O) groups is 2. The number of nitrogen functional groups attached to an aromatic ring is 1. The van der Waals surface area contributed by atoms with Crippen LogP contribution < -0.4 is 5.73 Å². The predicted octanol–water partition coefficient (Wildman–Crippen LogP) is 2.06. The lowest BCUT2D eigenvalue weighted by atomic mass is 10.00. The summed E-state index contributed by atoms with van der Waals surface area (Å²) in [5.74, 6) is -0.874. The fraction of sp³-hybridized carbons (Fsp3) is 0.385. The van der Waals surface area contributed by atoms with Gasteiger partial charge in [-0.1, -0.05) is 31.5 Å². The number of benzene rings is 1. The van der Waals surface area contributed by atoms with Crippen LogP contribution in [0, 0.1) is 11.8 Å². The van der Waals surface area contributed by atoms with Crippen molar-refractivity contribution in [2.75, 3.05) is 5.73 Å². The molecule has 4 nitrogen and oxygen atoms in total. The summed E-state index contributed by atoms with van der Waals surface area (Å²) in [6.45, 7) is 3.68. The molecule has 1 fully saturated rings. The highest BCUT2D eigenvalue weighted by Gasteiger charge is 2.42. The van der Waals surface area contributed by atoms with Crippen LogP contribution in [-0.4, -0.2) is 16.7 Å². The summed E-state index contributed by atoms with van der Waals surface area (Å²) in [6.07, 6.45) is 0. The van der Waals surface area contributed by atoms with Gasteiger partial charge < -0.3 is 5.73 Å². The fourth-order valence-electron chi connectivity index (χ4n) is 2.08. The molecule has 0 aromatic heterocycles. The minimum Gasteiger partial charge on any atom is -0.398 e. The molecule has 0 radical (unpaired) electrons. The van der Waals surface area contributed by atoms with Crippen LogP contribution in [0.1, 0.15) is 19.4 Å². The quantitative estimate of drug-likeness (QED) is 0.658. The Balaban J connectivity index is 2.30. The highest BCUT2D eigenvalue weighted by atomic mass is 35.5. The van der Waals surface area contributed by atoms with E-state index in [2.05, 4.69) is 0 Å². The summed E-state index contributed by atoms with van der Waals surface area (Å²) >= 11 is 6.05. The Morgan fingerprint density at radius 2 is 1.78 bits per heavy atom. The summed E-state index contributed by atoms with van der Waals surface area (Å²) < 4.78 is 0. The molecule has 0 spiro atoms. The molecule has 2 N–H and O–H groups in total. The molecular weight excluding hydrogens is 252 g/mol. The Labute approximate surface area is 111 Å². The van der Waals surface area contributed by atoms with E-state index in [0.29, 0.717) is 16.3 Å². The maximum Gasteiger partial charge on any atom is 0.233 e. The fourth-order valence-corrected chi connectivity index (χ4v) is 2.33. The van der Waals surface area contributed by atoms with Gasteiger partial charge in [0.25, 0.3) is 0 Å². The normalized spacial score (nSPS) is 23.8. The highest BCUT2D eigenvalue weighted by Crippen LogP contribution is 2.30. The molecule has 1 aliphatic rings. The minimum absolute atomic E-state index is 0.151. The van der Waals surface area contributed by atoms with Gasteiger partial charge in [-0.25, -0.2) is 0 Å². The third kappa shape index (κ3) is 1.97. The van der Waals surface area contributed by atoms with E-state index < -0.39 is 0 Å². The molecule has 1 aliphatic heterocycles. The lowest BCUT2D eigenvalue weighted by Gasteiger charge is -2.17. The molecule has 1 aromatic rings. The first-order valence-corrected chi connectivity index (χ1v) is 6.19. The molecule has 1 heterocycles. The number of anilines is 1. The van der Waals surface area contributed by atoms with Gasteiger partial charge in [0.1, 0.15) is 0 Å². The molecule has 18 heavy (non-hydrogen) atoms. The van der Waals surface area contributed by atoms with Crippen molar-refractivity contribution < 1.29 is 9.59 Å². The van der Waals surface area contributed by atoms with E-state index >= 15 is 0 Å². The number of hydrogen-bond acceptors (Lipinski definition) is 3. The van der Waals surface area contributed by atoms with Crippen molar-refractivity contribution in [1.29, 1.82) is 0 Å². The van der Waals surface area contributed by atoms with Crippen LogP contribution in [-0.2, 0) is 16.1 Å². The van der Waals surface area contributed by atoms with Crippen LogP contribution in [0.3, 0.4) is 0 Å². The third-order valence-corrected chi connectivity index (χ3v) is 3.89. The first-order valence-electron chi connectivity index (χ1n) is 5.81. The Morgan fingerprint density at radius 1 is 1.22 bits per heavy atom. The zero-order valence-corrected chi connectivity index (χ0v) is 11.1. The number of amides is 2. The largest absolute Gasteiger partial charge is 0.398 e. The number of carbonyl (C=O) groups excluding carboxylic acids is 2. The SMILES string of the molecule is CC1C(=O)N(Cc2c(N)cccc2Cl)C(=O)C1C. The van der Waals surface area contributed by atoms with E-state index in [1.807, 2.05) is 0 Å². The Hall–Kier alpha value is -1.55. The molecule has 0 saturated carbocycles. The molecular formula is C13H15ClN2O2. The molecule has 96 valence electrons. The lowest BCUT2D eigenvalue weighted by molar-refractivity contribution is -0.140. The van der Waals surface area contributed by atoms with Crippen LogP contribution in [0.25, 0.3) is 0 Å². The van der Waals surface area contributed by atoms with Crippen LogP contribution in [0.4, 0.5) is 5.69 Å². The van der Waals surface area contributed by atoms with E-state index in [4.69, 9.17) is 17.3 Å².